The van der Waals surface area contributed by atoms with Crippen molar-refractivity contribution in [1.82, 2.24) is 0 Å². The number of benzene rings is 3. The summed E-state index contributed by atoms with van der Waals surface area (Å²) in [6.45, 7) is 0.508. The zero-order valence-electron chi connectivity index (χ0n) is 11.9. The first-order valence-corrected chi connectivity index (χ1v) is 6.98. The van der Waals surface area contributed by atoms with Gasteiger partial charge in [0.15, 0.2) is 11.6 Å². The van der Waals surface area contributed by atoms with Crippen molar-refractivity contribution in [3.63, 3.8) is 0 Å². The van der Waals surface area contributed by atoms with Crippen LogP contribution in [0, 0.1) is 5.82 Å². The molecular weight excluding hydrogens is 279 g/mol. The highest BCUT2D eigenvalue weighted by atomic mass is 19.1. The summed E-state index contributed by atoms with van der Waals surface area (Å²) in [4.78, 5) is 0. The Labute approximate surface area is 128 Å². The molecule has 0 aliphatic rings. The van der Waals surface area contributed by atoms with Gasteiger partial charge in [-0.3, -0.25) is 0 Å². The summed E-state index contributed by atoms with van der Waals surface area (Å²) in [7, 11) is 0. The minimum Gasteiger partial charge on any atom is -0.505 e. The van der Waals surface area contributed by atoms with Gasteiger partial charge in [-0.15, -0.1) is 0 Å². The van der Waals surface area contributed by atoms with Crippen molar-refractivity contribution in [2.24, 2.45) is 0 Å². The quantitative estimate of drug-likeness (QED) is 0.750. The van der Waals surface area contributed by atoms with Crippen LogP contribution in [0.15, 0.2) is 72.8 Å². The maximum absolute atomic E-state index is 13.4. The number of rotatable bonds is 4. The van der Waals surface area contributed by atoms with E-state index in [9.17, 15) is 9.50 Å². The van der Waals surface area contributed by atoms with E-state index in [1.165, 1.54) is 12.1 Å². The third-order valence-electron chi connectivity index (χ3n) is 3.38. The maximum Gasteiger partial charge on any atom is 0.165 e. The monoisotopic (exact) mass is 294 g/mol. The van der Waals surface area contributed by atoms with Crippen LogP contribution in [0.25, 0.3) is 11.1 Å². The van der Waals surface area contributed by atoms with Crippen LogP contribution >= 0.6 is 0 Å². The second kappa shape index (κ2) is 6.31. The molecule has 3 rings (SSSR count). The van der Waals surface area contributed by atoms with Crippen LogP contribution in [0.5, 0.6) is 11.5 Å². The van der Waals surface area contributed by atoms with E-state index >= 15 is 0 Å². The zero-order chi connectivity index (χ0) is 15.4. The summed E-state index contributed by atoms with van der Waals surface area (Å²) >= 11 is 0. The van der Waals surface area contributed by atoms with Gasteiger partial charge in [-0.25, -0.2) is 4.39 Å². The van der Waals surface area contributed by atoms with Crippen molar-refractivity contribution in [1.29, 1.82) is 0 Å². The zero-order valence-corrected chi connectivity index (χ0v) is 11.9. The van der Waals surface area contributed by atoms with Gasteiger partial charge in [-0.2, -0.15) is 0 Å². The topological polar surface area (TPSA) is 29.5 Å². The number of hydrogen-bond donors (Lipinski definition) is 1. The van der Waals surface area contributed by atoms with E-state index in [1.54, 1.807) is 6.07 Å². The molecule has 22 heavy (non-hydrogen) atoms. The van der Waals surface area contributed by atoms with Crippen LogP contribution in [0.2, 0.25) is 0 Å². The molecule has 0 unspecified atom stereocenters. The minimum atomic E-state index is -0.623. The molecule has 1 N–H and O–H groups in total. The SMILES string of the molecule is Oc1ccc(-c2ccc(OCc3ccccc3)cc2)cc1F. The lowest BCUT2D eigenvalue weighted by molar-refractivity contribution is 0.306. The van der Waals surface area contributed by atoms with Crippen molar-refractivity contribution in [2.75, 3.05) is 0 Å². The number of halogens is 1. The molecule has 0 heterocycles. The summed E-state index contributed by atoms with van der Waals surface area (Å²) in [5, 5.41) is 9.22. The highest BCUT2D eigenvalue weighted by Crippen LogP contribution is 2.26. The van der Waals surface area contributed by atoms with Gasteiger partial charge in [0.25, 0.3) is 0 Å². The van der Waals surface area contributed by atoms with Crippen molar-refractivity contribution >= 4 is 0 Å². The normalized spacial score (nSPS) is 10.4. The molecule has 0 fully saturated rings. The Morgan fingerprint density at radius 1 is 0.818 bits per heavy atom. The molecule has 3 heteroatoms. The number of phenols is 1. The third kappa shape index (κ3) is 3.26. The van der Waals surface area contributed by atoms with Gasteiger partial charge in [-0.05, 0) is 41.0 Å². The van der Waals surface area contributed by atoms with Crippen LogP contribution < -0.4 is 4.74 Å². The fourth-order valence-corrected chi connectivity index (χ4v) is 2.17. The van der Waals surface area contributed by atoms with Gasteiger partial charge >= 0.3 is 0 Å². The smallest absolute Gasteiger partial charge is 0.165 e. The van der Waals surface area contributed by atoms with Gasteiger partial charge < -0.3 is 9.84 Å². The molecule has 3 aromatic rings. The van der Waals surface area contributed by atoms with Crippen molar-refractivity contribution in [2.45, 2.75) is 6.61 Å². The van der Waals surface area contributed by atoms with E-state index in [1.807, 2.05) is 54.6 Å². The molecule has 2 nitrogen and oxygen atoms in total. The average molecular weight is 294 g/mol. The molecule has 0 amide bonds. The molecule has 0 radical (unpaired) electrons. The van der Waals surface area contributed by atoms with Gasteiger partial charge in [0.05, 0.1) is 0 Å². The Balaban J connectivity index is 1.71. The van der Waals surface area contributed by atoms with Crippen LogP contribution in [0.4, 0.5) is 4.39 Å². The molecule has 0 aliphatic carbocycles. The van der Waals surface area contributed by atoms with Crippen molar-refractivity contribution in [3.8, 4) is 22.6 Å². The fourth-order valence-electron chi connectivity index (χ4n) is 2.17. The van der Waals surface area contributed by atoms with Crippen LogP contribution in [0.1, 0.15) is 5.56 Å². The van der Waals surface area contributed by atoms with E-state index in [-0.39, 0.29) is 5.75 Å². The minimum absolute atomic E-state index is 0.341. The standard InChI is InChI=1S/C19H15FO2/c20-18-12-16(8-11-19(18)21)15-6-9-17(10-7-15)22-13-14-4-2-1-3-5-14/h1-12,21H,13H2. The second-order valence-corrected chi connectivity index (χ2v) is 4.96. The molecule has 0 aromatic heterocycles. The number of aromatic hydroxyl groups is 1. The Morgan fingerprint density at radius 2 is 1.50 bits per heavy atom. The molecule has 110 valence electrons. The van der Waals surface area contributed by atoms with E-state index < -0.39 is 5.82 Å². The molecule has 0 saturated carbocycles. The van der Waals surface area contributed by atoms with E-state index in [0.29, 0.717) is 12.2 Å². The average Bonchev–Trinajstić information content (AvgIpc) is 2.57. The number of phenolic OH excluding ortho intramolecular Hbond substituents is 1. The first-order valence-electron chi connectivity index (χ1n) is 6.98. The van der Waals surface area contributed by atoms with E-state index in [0.717, 1.165) is 16.9 Å². The predicted octanol–water partition coefficient (Wildman–Crippen LogP) is 4.78. The lowest BCUT2D eigenvalue weighted by Gasteiger charge is -2.08. The van der Waals surface area contributed by atoms with Crippen LogP contribution in [-0.2, 0) is 6.61 Å². The lowest BCUT2D eigenvalue weighted by Crippen LogP contribution is -1.94. The highest BCUT2D eigenvalue weighted by molar-refractivity contribution is 5.65. The predicted molar refractivity (Wildman–Crippen MR) is 84.3 cm³/mol. The van der Waals surface area contributed by atoms with Gasteiger partial charge in [-0.1, -0.05) is 48.5 Å². The lowest BCUT2D eigenvalue weighted by atomic mass is 10.1. The second-order valence-electron chi connectivity index (χ2n) is 4.96. The Morgan fingerprint density at radius 3 is 2.18 bits per heavy atom. The number of ether oxygens (including phenoxy) is 1. The molecule has 0 atom stereocenters. The van der Waals surface area contributed by atoms with Crippen molar-refractivity contribution < 1.29 is 14.2 Å². The largest absolute Gasteiger partial charge is 0.505 e. The van der Waals surface area contributed by atoms with Crippen molar-refractivity contribution in [3.05, 3.63) is 84.2 Å². The Kier molecular flexibility index (Phi) is 4.05. The summed E-state index contributed by atoms with van der Waals surface area (Å²) in [5.74, 6) is -0.208. The maximum atomic E-state index is 13.4. The molecule has 0 aliphatic heterocycles. The van der Waals surface area contributed by atoms with E-state index in [2.05, 4.69) is 0 Å². The summed E-state index contributed by atoms with van der Waals surface area (Å²) in [5.41, 5.74) is 2.68. The first-order chi connectivity index (χ1) is 10.7. The molecule has 0 bridgehead atoms. The molecular formula is C19H15FO2. The highest BCUT2D eigenvalue weighted by Gasteiger charge is 2.04. The van der Waals surface area contributed by atoms with Gasteiger partial charge in [0.1, 0.15) is 12.4 Å². The first kappa shape index (κ1) is 14.1. The van der Waals surface area contributed by atoms with Gasteiger partial charge in [0.2, 0.25) is 0 Å². The van der Waals surface area contributed by atoms with E-state index in [4.69, 9.17) is 4.74 Å². The van der Waals surface area contributed by atoms with Crippen LogP contribution in [0.3, 0.4) is 0 Å². The molecule has 3 aromatic carbocycles. The fraction of sp³-hybridized carbons (Fsp3) is 0.0526. The summed E-state index contributed by atoms with van der Waals surface area (Å²) in [6, 6.07) is 21.7. The third-order valence-corrected chi connectivity index (χ3v) is 3.38. The van der Waals surface area contributed by atoms with Crippen LogP contribution in [-0.4, -0.2) is 5.11 Å². The number of hydrogen-bond acceptors (Lipinski definition) is 2. The molecule has 0 saturated heterocycles. The summed E-state index contributed by atoms with van der Waals surface area (Å²) < 4.78 is 19.1. The Hall–Kier alpha value is -2.81. The van der Waals surface area contributed by atoms with Gasteiger partial charge in [0, 0.05) is 0 Å². The Bertz CT molecular complexity index is 752. The summed E-state index contributed by atoms with van der Waals surface area (Å²) in [6.07, 6.45) is 0. The molecule has 0 spiro atoms.